The normalized spacial score (nSPS) is 16.8. The Hall–Kier alpha value is -2.32. The summed E-state index contributed by atoms with van der Waals surface area (Å²) in [5, 5.41) is 14.7. The van der Waals surface area contributed by atoms with E-state index in [1.54, 1.807) is 11.3 Å². The molecule has 1 amide bonds. The number of hydrogen-bond donors (Lipinski definition) is 1. The maximum Gasteiger partial charge on any atom is 0.234 e. The number of amides is 1. The van der Waals surface area contributed by atoms with Crippen molar-refractivity contribution in [1.82, 2.24) is 14.8 Å². The van der Waals surface area contributed by atoms with Crippen molar-refractivity contribution in [2.75, 3.05) is 29.1 Å². The number of carbonyl (C=O) groups is 1. The first-order chi connectivity index (χ1) is 15.3. The number of rotatable bonds is 7. The number of carbonyl (C=O) groups excluding carboxylic acids is 1. The molecule has 1 N–H and O–H groups in total. The van der Waals surface area contributed by atoms with Crippen molar-refractivity contribution in [3.8, 4) is 10.7 Å². The van der Waals surface area contributed by atoms with Crippen LogP contribution in [-0.4, -0.2) is 39.5 Å². The molecule has 0 radical (unpaired) electrons. The molecule has 162 valence electrons. The molecule has 31 heavy (non-hydrogen) atoms. The van der Waals surface area contributed by atoms with Crippen LogP contribution in [0.5, 0.6) is 0 Å². The quantitative estimate of drug-likeness (QED) is 0.482. The van der Waals surface area contributed by atoms with Crippen LogP contribution < -0.4 is 10.2 Å². The maximum atomic E-state index is 12.6. The molecule has 0 atom stereocenters. The molecule has 8 heteroatoms. The van der Waals surface area contributed by atoms with E-state index in [1.165, 1.54) is 43.1 Å². The van der Waals surface area contributed by atoms with E-state index in [2.05, 4.69) is 48.6 Å². The minimum atomic E-state index is -0.0180. The van der Waals surface area contributed by atoms with Gasteiger partial charge in [0.15, 0.2) is 11.0 Å². The van der Waals surface area contributed by atoms with Crippen LogP contribution in [0.15, 0.2) is 46.9 Å². The van der Waals surface area contributed by atoms with Gasteiger partial charge in [0.05, 0.1) is 10.6 Å². The van der Waals surface area contributed by atoms with E-state index in [0.29, 0.717) is 11.8 Å². The van der Waals surface area contributed by atoms with Crippen LogP contribution >= 0.6 is 23.1 Å². The molecule has 2 aromatic heterocycles. The highest BCUT2D eigenvalue weighted by molar-refractivity contribution is 7.99. The van der Waals surface area contributed by atoms with E-state index in [0.717, 1.165) is 47.5 Å². The number of benzene rings is 1. The largest absolute Gasteiger partial charge is 0.372 e. The van der Waals surface area contributed by atoms with E-state index in [-0.39, 0.29) is 5.91 Å². The summed E-state index contributed by atoms with van der Waals surface area (Å²) in [7, 11) is 0. The van der Waals surface area contributed by atoms with Crippen molar-refractivity contribution in [1.29, 1.82) is 0 Å². The summed E-state index contributed by atoms with van der Waals surface area (Å²) >= 11 is 3.13. The Balaban J connectivity index is 1.19. The molecular formula is C23H27N5OS2. The molecule has 2 fully saturated rings. The predicted octanol–water partition coefficient (Wildman–Crippen LogP) is 5.45. The number of nitrogens with zero attached hydrogens (tertiary/aromatic N) is 4. The van der Waals surface area contributed by atoms with Crippen LogP contribution in [0.3, 0.4) is 0 Å². The lowest BCUT2D eigenvalue weighted by Gasteiger charge is -2.22. The van der Waals surface area contributed by atoms with Gasteiger partial charge in [-0.15, -0.1) is 21.5 Å². The lowest BCUT2D eigenvalue weighted by Crippen LogP contribution is -2.23. The number of nitrogens with one attached hydrogen (secondary N) is 1. The Morgan fingerprint density at radius 1 is 1.06 bits per heavy atom. The van der Waals surface area contributed by atoms with E-state index in [4.69, 9.17) is 0 Å². The first kappa shape index (κ1) is 20.6. The predicted molar refractivity (Wildman–Crippen MR) is 128 cm³/mol. The van der Waals surface area contributed by atoms with E-state index in [9.17, 15) is 4.79 Å². The zero-order valence-electron chi connectivity index (χ0n) is 17.5. The average molecular weight is 454 g/mol. The second kappa shape index (κ2) is 9.44. The highest BCUT2D eigenvalue weighted by Gasteiger charge is 2.30. The second-order valence-corrected chi connectivity index (χ2v) is 10.1. The molecule has 3 aromatic rings. The van der Waals surface area contributed by atoms with Gasteiger partial charge in [0, 0.05) is 30.5 Å². The molecule has 0 unspecified atom stereocenters. The van der Waals surface area contributed by atoms with Gasteiger partial charge in [-0.3, -0.25) is 9.36 Å². The first-order valence-corrected chi connectivity index (χ1v) is 12.9. The van der Waals surface area contributed by atoms with Gasteiger partial charge in [0.25, 0.3) is 0 Å². The Labute approximate surface area is 191 Å². The Kier molecular flexibility index (Phi) is 6.27. The molecule has 1 aliphatic heterocycles. The molecule has 3 heterocycles. The van der Waals surface area contributed by atoms with Gasteiger partial charge in [0.1, 0.15) is 0 Å². The topological polar surface area (TPSA) is 63.1 Å². The zero-order valence-corrected chi connectivity index (χ0v) is 19.1. The number of hydrogen-bond acceptors (Lipinski definition) is 6. The third-order valence-corrected chi connectivity index (χ3v) is 7.58. The highest BCUT2D eigenvalue weighted by Crippen LogP contribution is 2.41. The number of anilines is 2. The molecule has 1 aliphatic carbocycles. The molecule has 5 rings (SSSR count). The van der Waals surface area contributed by atoms with Crippen LogP contribution in [0, 0.1) is 0 Å². The molecule has 0 bridgehead atoms. The summed E-state index contributed by atoms with van der Waals surface area (Å²) in [6.07, 6.45) is 7.47. The lowest BCUT2D eigenvalue weighted by molar-refractivity contribution is -0.113. The van der Waals surface area contributed by atoms with E-state index < -0.39 is 0 Å². The molecule has 2 aliphatic rings. The highest BCUT2D eigenvalue weighted by atomic mass is 32.2. The molecule has 1 saturated carbocycles. The zero-order chi connectivity index (χ0) is 21.0. The Morgan fingerprint density at radius 3 is 2.52 bits per heavy atom. The maximum absolute atomic E-state index is 12.6. The SMILES string of the molecule is O=C(CSc1nnc(-c2cccs2)n1C1CC1)Nc1ccc(N2CCCCCC2)cc1. The summed E-state index contributed by atoms with van der Waals surface area (Å²) in [5.74, 6) is 1.23. The van der Waals surface area contributed by atoms with Crippen LogP contribution in [-0.2, 0) is 4.79 Å². The molecule has 6 nitrogen and oxygen atoms in total. The fourth-order valence-electron chi connectivity index (χ4n) is 4.02. The summed E-state index contributed by atoms with van der Waals surface area (Å²) in [6, 6.07) is 12.8. The summed E-state index contributed by atoms with van der Waals surface area (Å²) in [4.78, 5) is 16.1. The van der Waals surface area contributed by atoms with Crippen molar-refractivity contribution in [2.24, 2.45) is 0 Å². The lowest BCUT2D eigenvalue weighted by atomic mass is 10.2. The fraction of sp³-hybridized carbons (Fsp3) is 0.435. The first-order valence-electron chi connectivity index (χ1n) is 11.0. The molecule has 1 saturated heterocycles. The Morgan fingerprint density at radius 2 is 1.84 bits per heavy atom. The number of aromatic nitrogens is 3. The number of thioether (sulfide) groups is 1. The number of thiophene rings is 1. The summed E-state index contributed by atoms with van der Waals surface area (Å²) in [5.41, 5.74) is 2.08. The van der Waals surface area contributed by atoms with Gasteiger partial charge < -0.3 is 10.2 Å². The average Bonchev–Trinajstić information content (AvgIpc) is 3.41. The van der Waals surface area contributed by atoms with Gasteiger partial charge in [-0.05, 0) is 61.4 Å². The van der Waals surface area contributed by atoms with Gasteiger partial charge in [-0.2, -0.15) is 0 Å². The molecule has 0 spiro atoms. The smallest absolute Gasteiger partial charge is 0.234 e. The molecular weight excluding hydrogens is 426 g/mol. The van der Waals surface area contributed by atoms with Crippen LogP contribution in [0.4, 0.5) is 11.4 Å². The Bertz CT molecular complexity index is 1000. The van der Waals surface area contributed by atoms with Crippen LogP contribution in [0.25, 0.3) is 10.7 Å². The van der Waals surface area contributed by atoms with Gasteiger partial charge in [-0.25, -0.2) is 0 Å². The van der Waals surface area contributed by atoms with Gasteiger partial charge in [0.2, 0.25) is 5.91 Å². The van der Waals surface area contributed by atoms with E-state index in [1.807, 2.05) is 18.2 Å². The monoisotopic (exact) mass is 453 g/mol. The van der Waals surface area contributed by atoms with Crippen molar-refractivity contribution in [3.63, 3.8) is 0 Å². The third kappa shape index (κ3) is 4.96. The van der Waals surface area contributed by atoms with Gasteiger partial charge in [-0.1, -0.05) is 30.7 Å². The van der Waals surface area contributed by atoms with Gasteiger partial charge >= 0.3 is 0 Å². The van der Waals surface area contributed by atoms with Crippen LogP contribution in [0.1, 0.15) is 44.6 Å². The van der Waals surface area contributed by atoms with Crippen LogP contribution in [0.2, 0.25) is 0 Å². The minimum Gasteiger partial charge on any atom is -0.372 e. The standard InChI is InChI=1S/C23H27N5OS2/c29-21(24-17-7-9-18(10-8-17)27-13-3-1-2-4-14-27)16-31-23-26-25-22(20-6-5-15-30-20)28(23)19-11-12-19/h5-10,15,19H,1-4,11-14,16H2,(H,24,29). The van der Waals surface area contributed by atoms with E-state index >= 15 is 0 Å². The summed E-state index contributed by atoms with van der Waals surface area (Å²) in [6.45, 7) is 2.25. The summed E-state index contributed by atoms with van der Waals surface area (Å²) < 4.78 is 2.21. The van der Waals surface area contributed by atoms with Crippen molar-refractivity contribution in [3.05, 3.63) is 41.8 Å². The molecule has 1 aromatic carbocycles. The van der Waals surface area contributed by atoms with Crippen molar-refractivity contribution >= 4 is 40.4 Å². The third-order valence-electron chi connectivity index (χ3n) is 5.77. The van der Waals surface area contributed by atoms with Crippen molar-refractivity contribution < 1.29 is 4.79 Å². The minimum absolute atomic E-state index is 0.0180. The fourth-order valence-corrected chi connectivity index (χ4v) is 5.53. The second-order valence-electron chi connectivity index (χ2n) is 8.17. The van der Waals surface area contributed by atoms with Crippen molar-refractivity contribution in [2.45, 2.75) is 49.7 Å².